The molecule has 0 spiro atoms. The molecular formula is C12H12O. The number of hydrogen-bond donors (Lipinski definition) is 0. The molecular weight excluding hydrogens is 160 g/mol. The molecule has 1 aromatic carbocycles. The van der Waals surface area contributed by atoms with Crippen LogP contribution in [0, 0.1) is 12.3 Å². The predicted molar refractivity (Wildman–Crippen MR) is 55.5 cm³/mol. The van der Waals surface area contributed by atoms with E-state index in [1.165, 1.54) is 0 Å². The first-order chi connectivity index (χ1) is 6.24. The summed E-state index contributed by atoms with van der Waals surface area (Å²) in [7, 11) is 0. The Morgan fingerprint density at radius 2 is 2.08 bits per heavy atom. The van der Waals surface area contributed by atoms with E-state index in [1.54, 1.807) is 0 Å². The molecule has 0 saturated heterocycles. The average molecular weight is 172 g/mol. The summed E-state index contributed by atoms with van der Waals surface area (Å²) in [5.41, 5.74) is 2.16. The Balaban J connectivity index is 2.71. The third-order valence-electron chi connectivity index (χ3n) is 1.67. The van der Waals surface area contributed by atoms with Gasteiger partial charge in [0, 0.05) is 0 Å². The van der Waals surface area contributed by atoms with Gasteiger partial charge >= 0.3 is 0 Å². The van der Waals surface area contributed by atoms with Crippen LogP contribution in [0.15, 0.2) is 30.8 Å². The number of benzene rings is 1. The van der Waals surface area contributed by atoms with Gasteiger partial charge in [-0.15, -0.1) is 6.42 Å². The summed E-state index contributed by atoms with van der Waals surface area (Å²) in [6.45, 7) is 6.13. The van der Waals surface area contributed by atoms with E-state index in [-0.39, 0.29) is 0 Å². The Morgan fingerprint density at radius 3 is 2.54 bits per heavy atom. The molecule has 0 unspecified atom stereocenters. The standard InChI is InChI=1S/C12H12O/c1-4-9-13-12-7-5-11(6-8-12)10(2)3/h1,5-8H,2,9H2,3H3. The largest absolute Gasteiger partial charge is 0.481 e. The normalized spacial score (nSPS) is 8.92. The lowest BCUT2D eigenvalue weighted by Crippen LogP contribution is -1.92. The average Bonchev–Trinajstić information content (AvgIpc) is 2.15. The van der Waals surface area contributed by atoms with Gasteiger partial charge in [-0.3, -0.25) is 0 Å². The molecule has 66 valence electrons. The number of allylic oxidation sites excluding steroid dienone is 1. The molecule has 1 aromatic rings. The highest BCUT2D eigenvalue weighted by atomic mass is 16.5. The Labute approximate surface area is 79.0 Å². The van der Waals surface area contributed by atoms with Gasteiger partial charge in [0.15, 0.2) is 0 Å². The topological polar surface area (TPSA) is 9.23 Å². The number of hydrogen-bond acceptors (Lipinski definition) is 1. The van der Waals surface area contributed by atoms with E-state index in [0.717, 1.165) is 16.9 Å². The minimum absolute atomic E-state index is 0.312. The number of ether oxygens (including phenoxy) is 1. The second kappa shape index (κ2) is 4.37. The lowest BCUT2D eigenvalue weighted by Gasteiger charge is -2.03. The summed E-state index contributed by atoms with van der Waals surface area (Å²) < 4.78 is 5.22. The van der Waals surface area contributed by atoms with Gasteiger partial charge in [0.05, 0.1) is 0 Å². The van der Waals surface area contributed by atoms with Crippen molar-refractivity contribution in [1.29, 1.82) is 0 Å². The Bertz CT molecular complexity index is 327. The zero-order valence-electron chi connectivity index (χ0n) is 7.71. The van der Waals surface area contributed by atoms with Crippen LogP contribution >= 0.6 is 0 Å². The Kier molecular flexibility index (Phi) is 3.16. The second-order valence-corrected chi connectivity index (χ2v) is 2.80. The minimum atomic E-state index is 0.312. The van der Waals surface area contributed by atoms with Gasteiger partial charge < -0.3 is 4.74 Å². The molecule has 1 rings (SSSR count). The highest BCUT2D eigenvalue weighted by Gasteiger charge is 1.94. The zero-order chi connectivity index (χ0) is 9.68. The third-order valence-corrected chi connectivity index (χ3v) is 1.67. The minimum Gasteiger partial charge on any atom is -0.481 e. The molecule has 0 saturated carbocycles. The SMILES string of the molecule is C#CCOc1ccc(C(=C)C)cc1. The van der Waals surface area contributed by atoms with E-state index in [1.807, 2.05) is 31.2 Å². The van der Waals surface area contributed by atoms with E-state index in [2.05, 4.69) is 12.5 Å². The van der Waals surface area contributed by atoms with Crippen molar-refractivity contribution in [3.63, 3.8) is 0 Å². The molecule has 0 aromatic heterocycles. The molecule has 13 heavy (non-hydrogen) atoms. The van der Waals surface area contributed by atoms with Crippen molar-refractivity contribution < 1.29 is 4.74 Å². The van der Waals surface area contributed by atoms with Crippen molar-refractivity contribution >= 4 is 5.57 Å². The maximum absolute atomic E-state index is 5.22. The quantitative estimate of drug-likeness (QED) is 0.637. The summed E-state index contributed by atoms with van der Waals surface area (Å²) in [6, 6.07) is 7.71. The molecule has 0 aliphatic carbocycles. The van der Waals surface area contributed by atoms with Gasteiger partial charge in [-0.2, -0.15) is 0 Å². The smallest absolute Gasteiger partial charge is 0.148 e. The lowest BCUT2D eigenvalue weighted by atomic mass is 10.1. The maximum Gasteiger partial charge on any atom is 0.148 e. The third kappa shape index (κ3) is 2.68. The van der Waals surface area contributed by atoms with Gasteiger partial charge in [-0.05, 0) is 24.6 Å². The molecule has 0 atom stereocenters. The van der Waals surface area contributed by atoms with E-state index in [9.17, 15) is 0 Å². The van der Waals surface area contributed by atoms with Gasteiger partial charge in [-0.25, -0.2) is 0 Å². The molecule has 0 radical (unpaired) electrons. The van der Waals surface area contributed by atoms with Crippen molar-refractivity contribution in [1.82, 2.24) is 0 Å². The first-order valence-corrected chi connectivity index (χ1v) is 4.06. The fraction of sp³-hybridized carbons (Fsp3) is 0.167. The van der Waals surface area contributed by atoms with Crippen molar-refractivity contribution in [2.45, 2.75) is 6.92 Å². The van der Waals surface area contributed by atoms with E-state index >= 15 is 0 Å². The monoisotopic (exact) mass is 172 g/mol. The van der Waals surface area contributed by atoms with Gasteiger partial charge in [0.1, 0.15) is 12.4 Å². The van der Waals surface area contributed by atoms with Crippen LogP contribution < -0.4 is 4.74 Å². The predicted octanol–water partition coefficient (Wildman–Crippen LogP) is 2.73. The molecule has 1 heteroatoms. The van der Waals surface area contributed by atoms with Crippen molar-refractivity contribution in [3.8, 4) is 18.1 Å². The summed E-state index contributed by atoms with van der Waals surface area (Å²) >= 11 is 0. The lowest BCUT2D eigenvalue weighted by molar-refractivity contribution is 0.370. The fourth-order valence-corrected chi connectivity index (χ4v) is 0.961. The van der Waals surface area contributed by atoms with E-state index in [0.29, 0.717) is 6.61 Å². The van der Waals surface area contributed by atoms with Crippen LogP contribution in [-0.4, -0.2) is 6.61 Å². The van der Waals surface area contributed by atoms with Gasteiger partial charge in [0.2, 0.25) is 0 Å². The fourth-order valence-electron chi connectivity index (χ4n) is 0.961. The van der Waals surface area contributed by atoms with Crippen LogP contribution in [0.3, 0.4) is 0 Å². The van der Waals surface area contributed by atoms with Crippen LogP contribution in [0.25, 0.3) is 5.57 Å². The first kappa shape index (κ1) is 9.41. The second-order valence-electron chi connectivity index (χ2n) is 2.80. The zero-order valence-corrected chi connectivity index (χ0v) is 7.71. The molecule has 0 bridgehead atoms. The molecule has 1 nitrogen and oxygen atoms in total. The summed E-state index contributed by atoms with van der Waals surface area (Å²) in [6.07, 6.45) is 5.07. The summed E-state index contributed by atoms with van der Waals surface area (Å²) in [4.78, 5) is 0. The van der Waals surface area contributed by atoms with Crippen LogP contribution in [-0.2, 0) is 0 Å². The molecule has 0 N–H and O–H groups in total. The molecule has 0 fully saturated rings. The summed E-state index contributed by atoms with van der Waals surface area (Å²) in [5, 5.41) is 0. The molecule has 0 aliphatic rings. The maximum atomic E-state index is 5.22. The number of rotatable bonds is 3. The van der Waals surface area contributed by atoms with E-state index in [4.69, 9.17) is 11.2 Å². The van der Waals surface area contributed by atoms with Crippen molar-refractivity contribution in [2.75, 3.05) is 6.61 Å². The van der Waals surface area contributed by atoms with E-state index < -0.39 is 0 Å². The summed E-state index contributed by atoms with van der Waals surface area (Å²) in [5.74, 6) is 3.21. The van der Waals surface area contributed by atoms with Crippen molar-refractivity contribution in [3.05, 3.63) is 36.4 Å². The van der Waals surface area contributed by atoms with Crippen LogP contribution in [0.5, 0.6) is 5.75 Å². The van der Waals surface area contributed by atoms with Gasteiger partial charge in [0.25, 0.3) is 0 Å². The highest BCUT2D eigenvalue weighted by molar-refractivity contribution is 5.61. The molecule has 0 aliphatic heterocycles. The van der Waals surface area contributed by atoms with Crippen LogP contribution in [0.1, 0.15) is 12.5 Å². The first-order valence-electron chi connectivity index (χ1n) is 4.06. The number of terminal acetylenes is 1. The van der Waals surface area contributed by atoms with Crippen LogP contribution in [0.4, 0.5) is 0 Å². The Morgan fingerprint density at radius 1 is 1.46 bits per heavy atom. The highest BCUT2D eigenvalue weighted by Crippen LogP contribution is 2.16. The van der Waals surface area contributed by atoms with Crippen molar-refractivity contribution in [2.24, 2.45) is 0 Å². The van der Waals surface area contributed by atoms with Crippen LogP contribution in [0.2, 0.25) is 0 Å². The Hall–Kier alpha value is -1.68. The molecule has 0 amide bonds. The van der Waals surface area contributed by atoms with Gasteiger partial charge in [-0.1, -0.05) is 30.2 Å². The molecule has 0 heterocycles.